The van der Waals surface area contributed by atoms with Crippen molar-refractivity contribution in [2.45, 2.75) is 19.0 Å². The summed E-state index contributed by atoms with van der Waals surface area (Å²) in [5, 5.41) is 2.94. The quantitative estimate of drug-likeness (QED) is 0.804. The summed E-state index contributed by atoms with van der Waals surface area (Å²) in [6.07, 6.45) is -0.0351. The van der Waals surface area contributed by atoms with Crippen LogP contribution in [0, 0.1) is 5.82 Å². The summed E-state index contributed by atoms with van der Waals surface area (Å²) >= 11 is 0. The van der Waals surface area contributed by atoms with E-state index in [1.165, 1.54) is 6.07 Å². The van der Waals surface area contributed by atoms with E-state index in [9.17, 15) is 14.0 Å². The van der Waals surface area contributed by atoms with Crippen LogP contribution in [0.5, 0.6) is 0 Å². The van der Waals surface area contributed by atoms with Crippen LogP contribution in [0.25, 0.3) is 0 Å². The second-order valence-corrected chi connectivity index (χ2v) is 4.53. The van der Waals surface area contributed by atoms with E-state index in [0.29, 0.717) is 18.7 Å². The lowest BCUT2D eigenvalue weighted by Crippen LogP contribution is -2.55. The number of primary amides is 1. The van der Waals surface area contributed by atoms with Gasteiger partial charge in [-0.2, -0.15) is 0 Å². The second-order valence-electron chi connectivity index (χ2n) is 4.53. The fourth-order valence-corrected chi connectivity index (χ4v) is 2.14. The van der Waals surface area contributed by atoms with Crippen LogP contribution in [-0.2, 0) is 16.1 Å². The minimum atomic E-state index is -0.599. The summed E-state index contributed by atoms with van der Waals surface area (Å²) in [6.45, 7) is 1.27. The number of piperazine rings is 1. The highest BCUT2D eigenvalue weighted by atomic mass is 19.1. The Morgan fingerprint density at radius 2 is 2.21 bits per heavy atom. The molecule has 19 heavy (non-hydrogen) atoms. The van der Waals surface area contributed by atoms with Gasteiger partial charge in [-0.3, -0.25) is 9.59 Å². The lowest BCUT2D eigenvalue weighted by atomic mass is 10.1. The van der Waals surface area contributed by atoms with Crippen LogP contribution >= 0.6 is 0 Å². The number of nitrogens with one attached hydrogen (secondary N) is 1. The Hall–Kier alpha value is -1.95. The number of rotatable bonds is 4. The van der Waals surface area contributed by atoms with Gasteiger partial charge in [-0.05, 0) is 6.07 Å². The second kappa shape index (κ2) is 5.79. The molecular weight excluding hydrogens is 249 g/mol. The van der Waals surface area contributed by atoms with Gasteiger partial charge in [-0.15, -0.1) is 0 Å². The zero-order chi connectivity index (χ0) is 13.8. The summed E-state index contributed by atoms with van der Waals surface area (Å²) in [5.74, 6) is -1.08. The molecular formula is C13H16FN3O2. The smallest absolute Gasteiger partial charge is 0.240 e. The van der Waals surface area contributed by atoms with Crippen LogP contribution in [-0.4, -0.2) is 35.8 Å². The minimum Gasteiger partial charge on any atom is -0.370 e. The average molecular weight is 265 g/mol. The standard InChI is InChI=1S/C13H16FN3O2/c14-10-4-2-1-3-9(10)8-17-6-5-16-11(13(17)19)7-12(15)18/h1-4,11,16H,5-8H2,(H2,15,18). The van der Waals surface area contributed by atoms with Crippen LogP contribution in [0.4, 0.5) is 4.39 Å². The maximum Gasteiger partial charge on any atom is 0.240 e. The molecule has 0 aliphatic carbocycles. The van der Waals surface area contributed by atoms with Crippen LogP contribution < -0.4 is 11.1 Å². The summed E-state index contributed by atoms with van der Waals surface area (Å²) in [5.41, 5.74) is 5.57. The van der Waals surface area contributed by atoms with E-state index in [0.717, 1.165) is 0 Å². The first-order valence-electron chi connectivity index (χ1n) is 6.12. The molecule has 2 rings (SSSR count). The molecule has 1 aliphatic rings. The molecule has 5 nitrogen and oxygen atoms in total. The molecule has 1 heterocycles. The molecule has 1 fully saturated rings. The predicted octanol–water partition coefficient (Wildman–Crippen LogP) is 0.00150. The molecule has 1 saturated heterocycles. The lowest BCUT2D eigenvalue weighted by Gasteiger charge is -2.32. The third kappa shape index (κ3) is 3.29. The molecule has 1 aromatic rings. The van der Waals surface area contributed by atoms with Crippen molar-refractivity contribution in [3.05, 3.63) is 35.6 Å². The molecule has 1 aliphatic heterocycles. The van der Waals surface area contributed by atoms with Crippen molar-refractivity contribution in [1.82, 2.24) is 10.2 Å². The van der Waals surface area contributed by atoms with E-state index in [1.54, 1.807) is 23.1 Å². The SMILES string of the molecule is NC(=O)CC1NCCN(Cc2ccccc2F)C1=O. The monoisotopic (exact) mass is 265 g/mol. The summed E-state index contributed by atoms with van der Waals surface area (Å²) in [6, 6.07) is 5.75. The Balaban J connectivity index is 2.06. The molecule has 2 amide bonds. The van der Waals surface area contributed by atoms with Gasteiger partial charge in [0.15, 0.2) is 0 Å². The van der Waals surface area contributed by atoms with Crippen molar-refractivity contribution >= 4 is 11.8 Å². The first-order valence-corrected chi connectivity index (χ1v) is 6.12. The maximum absolute atomic E-state index is 13.6. The van der Waals surface area contributed by atoms with E-state index in [-0.39, 0.29) is 24.7 Å². The van der Waals surface area contributed by atoms with Gasteiger partial charge in [0.05, 0.1) is 12.5 Å². The number of halogens is 1. The first kappa shape index (κ1) is 13.5. The molecule has 0 radical (unpaired) electrons. The van der Waals surface area contributed by atoms with Gasteiger partial charge in [0, 0.05) is 25.2 Å². The fraction of sp³-hybridized carbons (Fsp3) is 0.385. The topological polar surface area (TPSA) is 75.4 Å². The molecule has 6 heteroatoms. The number of amides is 2. The highest BCUT2D eigenvalue weighted by Crippen LogP contribution is 2.13. The van der Waals surface area contributed by atoms with Crippen LogP contribution in [0.2, 0.25) is 0 Å². The molecule has 102 valence electrons. The Morgan fingerprint density at radius 1 is 1.47 bits per heavy atom. The zero-order valence-corrected chi connectivity index (χ0v) is 10.4. The van der Waals surface area contributed by atoms with Gasteiger partial charge in [0.2, 0.25) is 11.8 Å². The number of carbonyl (C=O) groups excluding carboxylic acids is 2. The van der Waals surface area contributed by atoms with Crippen LogP contribution in [0.3, 0.4) is 0 Å². The molecule has 1 aromatic carbocycles. The van der Waals surface area contributed by atoms with Crippen LogP contribution in [0.1, 0.15) is 12.0 Å². The zero-order valence-electron chi connectivity index (χ0n) is 10.4. The van der Waals surface area contributed by atoms with Gasteiger partial charge in [0.25, 0.3) is 0 Å². The number of hydrogen-bond donors (Lipinski definition) is 2. The number of nitrogens with two attached hydrogens (primary N) is 1. The van der Waals surface area contributed by atoms with Crippen molar-refractivity contribution in [1.29, 1.82) is 0 Å². The molecule has 0 aromatic heterocycles. The molecule has 1 unspecified atom stereocenters. The van der Waals surface area contributed by atoms with E-state index in [4.69, 9.17) is 5.73 Å². The van der Waals surface area contributed by atoms with Crippen molar-refractivity contribution < 1.29 is 14.0 Å². The van der Waals surface area contributed by atoms with Crippen molar-refractivity contribution in [3.8, 4) is 0 Å². The molecule has 1 atom stereocenters. The summed E-state index contributed by atoms with van der Waals surface area (Å²) in [7, 11) is 0. The van der Waals surface area contributed by atoms with E-state index >= 15 is 0 Å². The van der Waals surface area contributed by atoms with E-state index in [2.05, 4.69) is 5.32 Å². The molecule has 3 N–H and O–H groups in total. The predicted molar refractivity (Wildman–Crippen MR) is 67.4 cm³/mol. The van der Waals surface area contributed by atoms with Gasteiger partial charge >= 0.3 is 0 Å². The largest absolute Gasteiger partial charge is 0.370 e. The van der Waals surface area contributed by atoms with Crippen molar-refractivity contribution in [2.24, 2.45) is 5.73 Å². The Labute approximate surface area is 110 Å². The van der Waals surface area contributed by atoms with Gasteiger partial charge in [-0.1, -0.05) is 18.2 Å². The summed E-state index contributed by atoms with van der Waals surface area (Å²) in [4.78, 5) is 24.5. The third-order valence-electron chi connectivity index (χ3n) is 3.11. The van der Waals surface area contributed by atoms with Gasteiger partial charge in [-0.25, -0.2) is 4.39 Å². The number of carbonyl (C=O) groups is 2. The number of nitrogens with zero attached hydrogens (tertiary/aromatic N) is 1. The average Bonchev–Trinajstić information content (AvgIpc) is 2.36. The van der Waals surface area contributed by atoms with Gasteiger partial charge in [0.1, 0.15) is 5.82 Å². The number of benzene rings is 1. The highest BCUT2D eigenvalue weighted by molar-refractivity contribution is 5.88. The van der Waals surface area contributed by atoms with Crippen molar-refractivity contribution in [3.63, 3.8) is 0 Å². The maximum atomic E-state index is 13.6. The number of hydrogen-bond acceptors (Lipinski definition) is 3. The Bertz CT molecular complexity index is 493. The fourth-order valence-electron chi connectivity index (χ4n) is 2.14. The normalized spacial score (nSPS) is 19.5. The minimum absolute atomic E-state index is 0.0351. The van der Waals surface area contributed by atoms with Crippen LogP contribution in [0.15, 0.2) is 24.3 Å². The van der Waals surface area contributed by atoms with Gasteiger partial charge < -0.3 is 16.0 Å². The van der Waals surface area contributed by atoms with E-state index in [1.807, 2.05) is 0 Å². The van der Waals surface area contributed by atoms with E-state index < -0.39 is 11.9 Å². The Morgan fingerprint density at radius 3 is 2.89 bits per heavy atom. The lowest BCUT2D eigenvalue weighted by molar-refractivity contribution is -0.138. The summed E-state index contributed by atoms with van der Waals surface area (Å²) < 4.78 is 13.6. The molecule has 0 spiro atoms. The molecule has 0 bridgehead atoms. The third-order valence-corrected chi connectivity index (χ3v) is 3.11. The Kier molecular flexibility index (Phi) is 4.11. The molecule has 0 saturated carbocycles. The van der Waals surface area contributed by atoms with Crippen molar-refractivity contribution in [2.75, 3.05) is 13.1 Å². The highest BCUT2D eigenvalue weighted by Gasteiger charge is 2.29. The first-order chi connectivity index (χ1) is 9.08.